The van der Waals surface area contributed by atoms with E-state index in [2.05, 4.69) is 15.0 Å². The van der Waals surface area contributed by atoms with E-state index in [4.69, 9.17) is 14.0 Å². The number of anilines is 2. The van der Waals surface area contributed by atoms with Gasteiger partial charge in [0.05, 0.1) is 23.5 Å². The molecule has 2 heterocycles. The zero-order valence-corrected chi connectivity index (χ0v) is 18.0. The maximum Gasteiger partial charge on any atom is 0.419 e. The average molecular weight is 513 g/mol. The molecular formula is C19H19F5N4O5S. The normalized spacial score (nSPS) is 22.6. The summed E-state index contributed by atoms with van der Waals surface area (Å²) in [5, 5.41) is 6.53. The third kappa shape index (κ3) is 4.63. The number of sulfonamides is 1. The van der Waals surface area contributed by atoms with Crippen LogP contribution in [0.4, 0.5) is 33.3 Å². The molecule has 1 aromatic carbocycles. The molecule has 0 bridgehead atoms. The van der Waals surface area contributed by atoms with Crippen LogP contribution in [0.1, 0.15) is 10.5 Å². The van der Waals surface area contributed by atoms with Crippen molar-refractivity contribution < 1.29 is 48.8 Å². The average Bonchev–Trinajstić information content (AvgIpc) is 3.14. The Morgan fingerprint density at radius 1 is 1.35 bits per heavy atom. The molecule has 1 fully saturated rings. The second-order valence-electron chi connectivity index (χ2n) is 7.27. The highest BCUT2D eigenvalue weighted by molar-refractivity contribution is 7.89. The number of ether oxygens (including phenoxy) is 2. The van der Waals surface area contributed by atoms with E-state index in [1.54, 1.807) is 0 Å². The summed E-state index contributed by atoms with van der Waals surface area (Å²) in [6.45, 7) is -1.31. The number of nitrogens with one attached hydrogen (secondary N) is 1. The monoisotopic (exact) mass is 513 g/mol. The summed E-state index contributed by atoms with van der Waals surface area (Å²) < 4.78 is 125. The molecule has 34 heavy (non-hydrogen) atoms. The summed E-state index contributed by atoms with van der Waals surface area (Å²) in [5.74, 6) is -5.00. The van der Waals surface area contributed by atoms with Gasteiger partial charge in [-0.15, -0.1) is 0 Å². The van der Waals surface area contributed by atoms with Gasteiger partial charge in [-0.05, 0) is 18.2 Å². The van der Waals surface area contributed by atoms with Gasteiger partial charge in [0.2, 0.25) is 11.7 Å². The third-order valence-corrected chi connectivity index (χ3v) is 5.98. The first-order valence-electron chi connectivity index (χ1n) is 10.7. The van der Waals surface area contributed by atoms with E-state index in [0.29, 0.717) is 11.0 Å². The Morgan fingerprint density at radius 3 is 2.65 bits per heavy atom. The first kappa shape index (κ1) is 21.5. The Morgan fingerprint density at radius 2 is 2.06 bits per heavy atom. The molecule has 15 heteroatoms. The van der Waals surface area contributed by atoms with E-state index in [1.807, 2.05) is 0 Å². The van der Waals surface area contributed by atoms with Crippen LogP contribution in [0.25, 0.3) is 0 Å². The lowest BCUT2D eigenvalue weighted by atomic mass is 9.99. The number of hydrogen-bond acceptors (Lipinski definition) is 7. The summed E-state index contributed by atoms with van der Waals surface area (Å²) in [6.07, 6.45) is -5.66. The first-order valence-corrected chi connectivity index (χ1v) is 10.8. The van der Waals surface area contributed by atoms with Gasteiger partial charge in [-0.2, -0.15) is 17.6 Å². The highest BCUT2D eigenvalue weighted by Crippen LogP contribution is 2.47. The van der Waals surface area contributed by atoms with E-state index >= 15 is 0 Å². The number of nitrogens with two attached hydrogens (primary N) is 1. The van der Waals surface area contributed by atoms with Crippen LogP contribution in [0, 0.1) is 11.6 Å². The minimum atomic E-state index is -5.34. The SMILES string of the molecule is [2H]C([2H])([2H])O[C@@]1(C(F)(F)F)C[C@H](C(=O)Nc2ccnc(S(N)(=O)=O)c2)N(c2ccc(F)c(F)c2OC)C1. The zero-order valence-electron chi connectivity index (χ0n) is 20.2. The number of benzene rings is 1. The Balaban J connectivity index is 2.12. The van der Waals surface area contributed by atoms with E-state index in [0.717, 1.165) is 31.5 Å². The van der Waals surface area contributed by atoms with Gasteiger partial charge < -0.3 is 19.7 Å². The van der Waals surface area contributed by atoms with Crippen LogP contribution < -0.4 is 20.1 Å². The number of primary sulfonamides is 1. The van der Waals surface area contributed by atoms with Crippen LogP contribution in [0.15, 0.2) is 35.5 Å². The van der Waals surface area contributed by atoms with E-state index in [9.17, 15) is 35.2 Å². The Hall–Kier alpha value is -3.04. The Kier molecular flexibility index (Phi) is 5.66. The molecule has 1 saturated heterocycles. The fourth-order valence-corrected chi connectivity index (χ4v) is 4.01. The van der Waals surface area contributed by atoms with Crippen LogP contribution in [0.2, 0.25) is 0 Å². The number of rotatable bonds is 6. The summed E-state index contributed by atoms with van der Waals surface area (Å²) in [4.78, 5) is 17.3. The molecule has 0 unspecified atom stereocenters. The fraction of sp³-hybridized carbons (Fsp3) is 0.368. The summed E-state index contributed by atoms with van der Waals surface area (Å²) in [6, 6.07) is 1.50. The van der Waals surface area contributed by atoms with Crippen molar-refractivity contribution in [2.24, 2.45) is 5.14 Å². The van der Waals surface area contributed by atoms with Crippen molar-refractivity contribution in [2.75, 3.05) is 30.9 Å². The maximum absolute atomic E-state index is 14.4. The minimum absolute atomic E-state index is 0.234. The zero-order chi connectivity index (χ0) is 28.0. The quantitative estimate of drug-likeness (QED) is 0.568. The van der Waals surface area contributed by atoms with Gasteiger partial charge >= 0.3 is 6.18 Å². The number of nitrogens with zero attached hydrogens (tertiary/aromatic N) is 2. The highest BCUT2D eigenvalue weighted by atomic mass is 32.2. The number of carbonyl (C=O) groups excluding carboxylic acids is 1. The van der Waals surface area contributed by atoms with Gasteiger partial charge in [-0.25, -0.2) is 22.9 Å². The molecule has 9 nitrogen and oxygen atoms in total. The summed E-state index contributed by atoms with van der Waals surface area (Å²) >= 11 is 0. The second kappa shape index (κ2) is 8.96. The number of amides is 1. The number of pyridine rings is 1. The van der Waals surface area contributed by atoms with E-state index in [1.165, 1.54) is 0 Å². The maximum atomic E-state index is 14.4. The van der Waals surface area contributed by atoms with Gasteiger partial charge in [0.25, 0.3) is 10.0 Å². The van der Waals surface area contributed by atoms with Crippen molar-refractivity contribution in [1.29, 1.82) is 0 Å². The molecule has 0 aliphatic carbocycles. The van der Waals surface area contributed by atoms with Gasteiger partial charge in [-0.1, -0.05) is 0 Å². The molecule has 1 aromatic heterocycles. The van der Waals surface area contributed by atoms with Gasteiger partial charge in [-0.3, -0.25) is 4.79 Å². The van der Waals surface area contributed by atoms with E-state index < -0.39 is 81.9 Å². The van der Waals surface area contributed by atoms with E-state index in [-0.39, 0.29) is 5.69 Å². The predicted molar refractivity (Wildman–Crippen MR) is 109 cm³/mol. The molecule has 1 aliphatic heterocycles. The largest absolute Gasteiger partial charge is 0.491 e. The molecule has 186 valence electrons. The molecule has 1 aliphatic rings. The molecule has 3 rings (SSSR count). The first-order chi connectivity index (χ1) is 16.9. The molecule has 3 N–H and O–H groups in total. The molecule has 0 spiro atoms. The molecule has 0 saturated carbocycles. The number of hydrogen-bond donors (Lipinski definition) is 2. The number of aromatic nitrogens is 1. The lowest BCUT2D eigenvalue weighted by Gasteiger charge is -2.31. The van der Waals surface area contributed by atoms with Crippen molar-refractivity contribution in [3.63, 3.8) is 0 Å². The molecule has 1 amide bonds. The Labute approximate surface area is 194 Å². The molecule has 0 radical (unpaired) electrons. The predicted octanol–water partition coefficient (Wildman–Crippen LogP) is 2.18. The van der Waals surface area contributed by atoms with Gasteiger partial charge in [0.1, 0.15) is 6.04 Å². The standard InChI is InChI=1S/C19H19F5N4O5S/c1-32-16-12(4-3-11(20)15(16)21)28-9-18(33-2,19(22,23)24)8-13(28)17(29)27-10-5-6-26-14(7-10)34(25,30)31/h3-7,13H,8-9H2,1-2H3,(H2,25,30,31)(H,26,27,29)/t13-,18+/m1/s1/i2D3. The summed E-state index contributed by atoms with van der Waals surface area (Å²) in [5.41, 5.74) is -4.18. The van der Waals surface area contributed by atoms with Crippen molar-refractivity contribution in [3.8, 4) is 5.75 Å². The topological polar surface area (TPSA) is 124 Å². The number of methoxy groups -OCH3 is 2. The number of halogens is 5. The van der Waals surface area contributed by atoms with Crippen LogP contribution in [-0.2, 0) is 19.6 Å². The highest BCUT2D eigenvalue weighted by Gasteiger charge is 2.63. The van der Waals surface area contributed by atoms with Crippen LogP contribution in [0.3, 0.4) is 0 Å². The molecular weight excluding hydrogens is 491 g/mol. The minimum Gasteiger partial charge on any atom is -0.491 e. The fourth-order valence-electron chi connectivity index (χ4n) is 3.51. The second-order valence-corrected chi connectivity index (χ2v) is 8.78. The number of carbonyl (C=O) groups is 1. The van der Waals surface area contributed by atoms with Gasteiger partial charge in [0.15, 0.2) is 22.2 Å². The Bertz CT molecular complexity index is 1310. The van der Waals surface area contributed by atoms with Gasteiger partial charge in [0, 0.05) is 31.4 Å². The lowest BCUT2D eigenvalue weighted by Crippen LogP contribution is -2.49. The van der Waals surface area contributed by atoms with Crippen LogP contribution in [-0.4, -0.2) is 57.8 Å². The van der Waals surface area contributed by atoms with Crippen molar-refractivity contribution >= 4 is 27.3 Å². The van der Waals surface area contributed by atoms with Crippen molar-refractivity contribution in [1.82, 2.24) is 4.98 Å². The number of alkyl halides is 3. The van der Waals surface area contributed by atoms with Crippen LogP contribution >= 0.6 is 0 Å². The molecule has 2 atom stereocenters. The molecule has 2 aromatic rings. The van der Waals surface area contributed by atoms with Crippen molar-refractivity contribution in [2.45, 2.75) is 29.3 Å². The van der Waals surface area contributed by atoms with Crippen LogP contribution in [0.5, 0.6) is 5.75 Å². The summed E-state index contributed by atoms with van der Waals surface area (Å²) in [7, 11) is -6.95. The lowest BCUT2D eigenvalue weighted by molar-refractivity contribution is -0.261. The van der Waals surface area contributed by atoms with Crippen molar-refractivity contribution in [3.05, 3.63) is 42.1 Å². The third-order valence-electron chi connectivity index (χ3n) is 5.18. The smallest absolute Gasteiger partial charge is 0.419 e.